The molecule has 1 aliphatic carbocycles. The summed E-state index contributed by atoms with van der Waals surface area (Å²) in [7, 11) is 0. The van der Waals surface area contributed by atoms with Gasteiger partial charge in [-0.3, -0.25) is 4.79 Å². The number of carbonyl (C=O) groups is 1. The van der Waals surface area contributed by atoms with E-state index in [0.717, 1.165) is 12.8 Å². The molecule has 1 fully saturated rings. The predicted molar refractivity (Wildman–Crippen MR) is 54.1 cm³/mol. The minimum absolute atomic E-state index is 0.221. The van der Waals surface area contributed by atoms with E-state index < -0.39 is 0 Å². The summed E-state index contributed by atoms with van der Waals surface area (Å²) in [6, 6.07) is 8.93. The molecule has 0 saturated carbocycles. The fourth-order valence-electron chi connectivity index (χ4n) is 2.75. The molecule has 3 rings (SSSR count). The van der Waals surface area contributed by atoms with Gasteiger partial charge < -0.3 is 5.32 Å². The topological polar surface area (TPSA) is 29.1 Å². The predicted octanol–water partition coefficient (Wildman–Crippen LogP) is 1.60. The number of hydrogen-bond donors (Lipinski definition) is 1. The van der Waals surface area contributed by atoms with Crippen LogP contribution in [0.4, 0.5) is 0 Å². The van der Waals surface area contributed by atoms with Crippen molar-refractivity contribution in [1.82, 2.24) is 5.32 Å². The number of piperidine rings is 1. The van der Waals surface area contributed by atoms with Gasteiger partial charge in [0.25, 0.3) is 0 Å². The number of nitrogens with one attached hydrogen (secondary N) is 1. The Morgan fingerprint density at radius 2 is 2.14 bits per heavy atom. The van der Waals surface area contributed by atoms with Crippen LogP contribution in [-0.4, -0.2) is 11.9 Å². The molecule has 1 aromatic rings. The van der Waals surface area contributed by atoms with Crippen molar-refractivity contribution in [1.29, 1.82) is 0 Å². The Kier molecular flexibility index (Phi) is 1.63. The summed E-state index contributed by atoms with van der Waals surface area (Å²) in [5.74, 6) is 0.794. The monoisotopic (exact) mass is 187 g/mol. The third-order valence-corrected chi connectivity index (χ3v) is 3.41. The first kappa shape index (κ1) is 8.04. The van der Waals surface area contributed by atoms with E-state index in [-0.39, 0.29) is 5.91 Å². The second-order valence-corrected chi connectivity index (χ2v) is 4.22. The number of carbonyl (C=O) groups excluding carboxylic acids is 1. The molecule has 1 amide bonds. The van der Waals surface area contributed by atoms with E-state index in [1.807, 2.05) is 0 Å². The molecule has 1 saturated heterocycles. The van der Waals surface area contributed by atoms with Gasteiger partial charge in [-0.05, 0) is 24.0 Å². The average molecular weight is 187 g/mol. The molecule has 0 radical (unpaired) electrons. The molecular formula is C12H13NO. The Bertz CT molecular complexity index is 386. The second kappa shape index (κ2) is 2.84. The summed E-state index contributed by atoms with van der Waals surface area (Å²) >= 11 is 0. The van der Waals surface area contributed by atoms with Gasteiger partial charge in [-0.2, -0.15) is 0 Å². The van der Waals surface area contributed by atoms with Gasteiger partial charge in [0, 0.05) is 18.4 Å². The van der Waals surface area contributed by atoms with Gasteiger partial charge in [-0.15, -0.1) is 0 Å². The van der Waals surface area contributed by atoms with E-state index >= 15 is 0 Å². The van der Waals surface area contributed by atoms with E-state index in [1.165, 1.54) is 11.1 Å². The maximum atomic E-state index is 11.2. The van der Waals surface area contributed by atoms with Crippen molar-refractivity contribution in [2.24, 2.45) is 0 Å². The minimum atomic E-state index is 0.221. The van der Waals surface area contributed by atoms with E-state index in [2.05, 4.69) is 29.6 Å². The van der Waals surface area contributed by atoms with Crippen LogP contribution in [0.15, 0.2) is 24.3 Å². The molecule has 14 heavy (non-hydrogen) atoms. The number of hydrogen-bond acceptors (Lipinski definition) is 1. The van der Waals surface area contributed by atoms with Crippen molar-refractivity contribution in [2.45, 2.75) is 31.2 Å². The zero-order valence-electron chi connectivity index (χ0n) is 7.99. The number of amides is 1. The van der Waals surface area contributed by atoms with Crippen molar-refractivity contribution >= 4 is 5.91 Å². The highest BCUT2D eigenvalue weighted by Crippen LogP contribution is 2.38. The summed E-state index contributed by atoms with van der Waals surface area (Å²) in [5, 5.41) is 3.09. The quantitative estimate of drug-likeness (QED) is 0.656. The van der Waals surface area contributed by atoms with Crippen LogP contribution in [0.5, 0.6) is 0 Å². The third-order valence-electron chi connectivity index (χ3n) is 3.41. The number of rotatable bonds is 0. The van der Waals surface area contributed by atoms with E-state index in [0.29, 0.717) is 18.4 Å². The van der Waals surface area contributed by atoms with Gasteiger partial charge in [0.05, 0.1) is 0 Å². The van der Waals surface area contributed by atoms with Gasteiger partial charge in [0.15, 0.2) is 0 Å². The highest BCUT2D eigenvalue weighted by molar-refractivity contribution is 5.78. The van der Waals surface area contributed by atoms with E-state index in [4.69, 9.17) is 0 Å². The van der Waals surface area contributed by atoms with Crippen LogP contribution < -0.4 is 5.32 Å². The molecule has 2 aliphatic rings. The first-order valence-electron chi connectivity index (χ1n) is 5.22. The molecule has 1 N–H and O–H groups in total. The Morgan fingerprint density at radius 3 is 3.07 bits per heavy atom. The molecule has 0 bridgehead atoms. The van der Waals surface area contributed by atoms with E-state index in [9.17, 15) is 4.79 Å². The van der Waals surface area contributed by atoms with Crippen molar-refractivity contribution in [3.05, 3.63) is 35.4 Å². The lowest BCUT2D eigenvalue weighted by Gasteiger charge is -2.26. The summed E-state index contributed by atoms with van der Waals surface area (Å²) in [6.45, 7) is 0. The lowest BCUT2D eigenvalue weighted by molar-refractivity contribution is -0.123. The lowest BCUT2D eigenvalue weighted by atomic mass is 9.90. The number of benzene rings is 1. The van der Waals surface area contributed by atoms with Gasteiger partial charge in [0.1, 0.15) is 0 Å². The Hall–Kier alpha value is -1.31. The fraction of sp³-hybridized carbons (Fsp3) is 0.417. The average Bonchev–Trinajstić information content (AvgIpc) is 2.54. The SMILES string of the molecule is O=C1CCC2c3ccccc3C[C@@H]2N1. The summed E-state index contributed by atoms with van der Waals surface area (Å²) in [5.41, 5.74) is 2.88. The maximum Gasteiger partial charge on any atom is 0.220 e. The minimum Gasteiger partial charge on any atom is -0.352 e. The zero-order valence-corrected chi connectivity index (χ0v) is 7.99. The molecule has 2 atom stereocenters. The third kappa shape index (κ3) is 1.07. The van der Waals surface area contributed by atoms with Crippen LogP contribution in [-0.2, 0) is 11.2 Å². The first-order valence-corrected chi connectivity index (χ1v) is 5.22. The molecule has 1 unspecified atom stereocenters. The first-order chi connectivity index (χ1) is 6.84. The van der Waals surface area contributed by atoms with E-state index in [1.54, 1.807) is 0 Å². The zero-order chi connectivity index (χ0) is 9.54. The molecule has 2 nitrogen and oxygen atoms in total. The van der Waals surface area contributed by atoms with Gasteiger partial charge in [0.2, 0.25) is 5.91 Å². The van der Waals surface area contributed by atoms with Crippen molar-refractivity contribution in [2.75, 3.05) is 0 Å². The largest absolute Gasteiger partial charge is 0.352 e. The number of fused-ring (bicyclic) bond motifs is 3. The normalized spacial score (nSPS) is 29.3. The smallest absolute Gasteiger partial charge is 0.220 e. The fourth-order valence-corrected chi connectivity index (χ4v) is 2.75. The summed E-state index contributed by atoms with van der Waals surface area (Å²) in [4.78, 5) is 11.2. The second-order valence-electron chi connectivity index (χ2n) is 4.22. The van der Waals surface area contributed by atoms with Crippen LogP contribution >= 0.6 is 0 Å². The van der Waals surface area contributed by atoms with Crippen LogP contribution in [0.25, 0.3) is 0 Å². The van der Waals surface area contributed by atoms with Crippen molar-refractivity contribution in [3.8, 4) is 0 Å². The molecule has 1 heterocycles. The maximum absolute atomic E-state index is 11.2. The van der Waals surface area contributed by atoms with Gasteiger partial charge in [-0.1, -0.05) is 24.3 Å². The van der Waals surface area contributed by atoms with Crippen LogP contribution in [0.2, 0.25) is 0 Å². The lowest BCUT2D eigenvalue weighted by Crippen LogP contribution is -2.41. The standard InChI is InChI=1S/C12H13NO/c14-12-6-5-10-9-4-2-1-3-8(9)7-11(10)13-12/h1-4,10-11H,5-7H2,(H,13,14)/t10?,11-/m0/s1. The molecular weight excluding hydrogens is 174 g/mol. The molecule has 2 heteroatoms. The van der Waals surface area contributed by atoms with Crippen LogP contribution in [0.1, 0.15) is 29.9 Å². The Morgan fingerprint density at radius 1 is 1.29 bits per heavy atom. The molecule has 1 aliphatic heterocycles. The van der Waals surface area contributed by atoms with Crippen LogP contribution in [0.3, 0.4) is 0 Å². The summed E-state index contributed by atoms with van der Waals surface area (Å²) in [6.07, 6.45) is 2.73. The highest BCUT2D eigenvalue weighted by atomic mass is 16.1. The molecule has 1 aromatic carbocycles. The Balaban J connectivity index is 1.98. The van der Waals surface area contributed by atoms with Crippen molar-refractivity contribution in [3.63, 3.8) is 0 Å². The Labute approximate surface area is 83.3 Å². The molecule has 0 aromatic heterocycles. The van der Waals surface area contributed by atoms with Gasteiger partial charge in [-0.25, -0.2) is 0 Å². The summed E-state index contributed by atoms with van der Waals surface area (Å²) < 4.78 is 0. The molecule has 0 spiro atoms. The van der Waals surface area contributed by atoms with Crippen molar-refractivity contribution < 1.29 is 4.79 Å². The van der Waals surface area contributed by atoms with Gasteiger partial charge >= 0.3 is 0 Å². The molecule has 72 valence electrons. The highest BCUT2D eigenvalue weighted by Gasteiger charge is 2.36. The van der Waals surface area contributed by atoms with Crippen LogP contribution in [0, 0.1) is 0 Å².